The molecule has 3 rings (SSSR count). The minimum Gasteiger partial charge on any atom is -0.366 e. The van der Waals surface area contributed by atoms with Crippen molar-refractivity contribution in [3.8, 4) is 0 Å². The van der Waals surface area contributed by atoms with Crippen LogP contribution in [-0.4, -0.2) is 37.8 Å². The number of thioether (sulfide) groups is 1. The van der Waals surface area contributed by atoms with Gasteiger partial charge < -0.3 is 11.1 Å². The van der Waals surface area contributed by atoms with Crippen LogP contribution in [0.2, 0.25) is 0 Å². The molecule has 0 aliphatic heterocycles. The molecule has 2 aromatic rings. The number of halogens is 1. The lowest BCUT2D eigenvalue weighted by Gasteiger charge is -2.11. The van der Waals surface area contributed by atoms with Crippen LogP contribution in [0.3, 0.4) is 0 Å². The van der Waals surface area contributed by atoms with Crippen LogP contribution in [0.4, 0.5) is 10.1 Å². The lowest BCUT2D eigenvalue weighted by atomic mass is 10.2. The van der Waals surface area contributed by atoms with E-state index in [1.807, 2.05) is 0 Å². The number of nitrogens with two attached hydrogens (primary N) is 1. The van der Waals surface area contributed by atoms with Crippen LogP contribution in [0.5, 0.6) is 0 Å². The summed E-state index contributed by atoms with van der Waals surface area (Å²) in [6, 6.07) is 3.95. The van der Waals surface area contributed by atoms with Crippen molar-refractivity contribution >= 4 is 29.3 Å². The maximum Gasteiger partial charge on any atom is 0.251 e. The molecule has 3 N–H and O–H groups in total. The first-order valence-corrected chi connectivity index (χ1v) is 8.83. The Kier molecular flexibility index (Phi) is 5.27. The monoisotopic (exact) mass is 364 g/mol. The zero-order chi connectivity index (χ0) is 17.8. The van der Waals surface area contributed by atoms with Crippen molar-refractivity contribution in [2.24, 2.45) is 5.73 Å². The minimum atomic E-state index is -0.890. The van der Waals surface area contributed by atoms with Gasteiger partial charge >= 0.3 is 0 Å². The molecule has 8 nitrogen and oxygen atoms in total. The molecule has 10 heteroatoms. The van der Waals surface area contributed by atoms with Crippen LogP contribution in [0.15, 0.2) is 23.4 Å². The molecule has 0 bridgehead atoms. The zero-order valence-electron chi connectivity index (χ0n) is 13.3. The molecule has 0 saturated heterocycles. The number of rotatable bonds is 6. The first-order valence-electron chi connectivity index (χ1n) is 7.84. The predicted octanol–water partition coefficient (Wildman–Crippen LogP) is 1.76. The highest BCUT2D eigenvalue weighted by atomic mass is 32.2. The number of benzene rings is 1. The maximum atomic E-state index is 13.4. The lowest BCUT2D eigenvalue weighted by Crippen LogP contribution is -2.17. The summed E-state index contributed by atoms with van der Waals surface area (Å²) in [6.07, 6.45) is 4.39. The van der Waals surface area contributed by atoms with Gasteiger partial charge in [-0.1, -0.05) is 24.6 Å². The van der Waals surface area contributed by atoms with E-state index in [1.165, 1.54) is 23.9 Å². The summed E-state index contributed by atoms with van der Waals surface area (Å²) in [5, 5.41) is 14.9. The molecule has 0 radical (unpaired) electrons. The Morgan fingerprint density at radius 2 is 2.12 bits per heavy atom. The Labute approximate surface area is 147 Å². The third kappa shape index (κ3) is 4.13. The zero-order valence-corrected chi connectivity index (χ0v) is 14.1. The summed E-state index contributed by atoms with van der Waals surface area (Å²) in [5.41, 5.74) is 5.13. The van der Waals surface area contributed by atoms with Crippen LogP contribution in [0.1, 0.15) is 42.1 Å². The Balaban J connectivity index is 1.60. The highest BCUT2D eigenvalue weighted by Gasteiger charge is 2.22. The third-order valence-corrected chi connectivity index (χ3v) is 4.91. The first-order chi connectivity index (χ1) is 12.0. The van der Waals surface area contributed by atoms with Crippen molar-refractivity contribution in [1.29, 1.82) is 0 Å². The van der Waals surface area contributed by atoms with Gasteiger partial charge in [0.15, 0.2) is 0 Å². The average Bonchev–Trinajstić information content (AvgIpc) is 3.25. The van der Waals surface area contributed by atoms with Crippen LogP contribution >= 0.6 is 11.8 Å². The highest BCUT2D eigenvalue weighted by molar-refractivity contribution is 7.99. The second-order valence-corrected chi connectivity index (χ2v) is 6.68. The summed E-state index contributed by atoms with van der Waals surface area (Å²) in [5.74, 6) is -1.83. The molecule has 132 valence electrons. The van der Waals surface area contributed by atoms with Crippen molar-refractivity contribution < 1.29 is 14.0 Å². The van der Waals surface area contributed by atoms with Gasteiger partial charge in [0.05, 0.1) is 17.4 Å². The van der Waals surface area contributed by atoms with Gasteiger partial charge in [-0.25, -0.2) is 9.07 Å². The standard InChI is InChI=1S/C15H17FN6O2S/c16-12-6-5-9(7-11(12)14(17)24)18-13(23)8-25-15-19-20-21-22(15)10-3-1-2-4-10/h5-7,10H,1-4,8H2,(H2,17,24)(H,18,23). The molecule has 1 aliphatic rings. The topological polar surface area (TPSA) is 116 Å². The molecular weight excluding hydrogens is 347 g/mol. The molecule has 0 atom stereocenters. The summed E-state index contributed by atoms with van der Waals surface area (Å²) in [4.78, 5) is 23.2. The van der Waals surface area contributed by atoms with Gasteiger partial charge in [-0.3, -0.25) is 9.59 Å². The van der Waals surface area contributed by atoms with Crippen molar-refractivity contribution in [3.05, 3.63) is 29.6 Å². The number of tetrazole rings is 1. The molecule has 1 fully saturated rings. The number of carbonyl (C=O) groups excluding carboxylic acids is 2. The van der Waals surface area contributed by atoms with Crippen molar-refractivity contribution in [1.82, 2.24) is 20.2 Å². The Morgan fingerprint density at radius 3 is 2.84 bits per heavy atom. The molecule has 1 aromatic carbocycles. The number of nitrogens with zero attached hydrogens (tertiary/aromatic N) is 4. The van der Waals surface area contributed by atoms with E-state index in [4.69, 9.17) is 5.73 Å². The molecule has 0 unspecified atom stereocenters. The smallest absolute Gasteiger partial charge is 0.251 e. The Bertz CT molecular complexity index is 790. The van der Waals surface area contributed by atoms with Gasteiger partial charge in [0.2, 0.25) is 11.1 Å². The van der Waals surface area contributed by atoms with Gasteiger partial charge in [0.1, 0.15) is 5.82 Å². The van der Waals surface area contributed by atoms with E-state index in [1.54, 1.807) is 4.68 Å². The van der Waals surface area contributed by atoms with Crippen molar-refractivity contribution in [3.63, 3.8) is 0 Å². The summed E-state index contributed by atoms with van der Waals surface area (Å²) in [6.45, 7) is 0. The summed E-state index contributed by atoms with van der Waals surface area (Å²) < 4.78 is 15.2. The summed E-state index contributed by atoms with van der Waals surface area (Å²) >= 11 is 1.23. The predicted molar refractivity (Wildman–Crippen MR) is 89.6 cm³/mol. The maximum absolute atomic E-state index is 13.4. The van der Waals surface area contributed by atoms with Crippen molar-refractivity contribution in [2.45, 2.75) is 36.9 Å². The Hall–Kier alpha value is -2.49. The molecule has 1 saturated carbocycles. The van der Waals surface area contributed by atoms with E-state index >= 15 is 0 Å². The number of carbonyl (C=O) groups is 2. The summed E-state index contributed by atoms with van der Waals surface area (Å²) in [7, 11) is 0. The van der Waals surface area contributed by atoms with E-state index in [0.717, 1.165) is 31.7 Å². The van der Waals surface area contributed by atoms with E-state index in [-0.39, 0.29) is 23.3 Å². The number of amides is 2. The average molecular weight is 364 g/mol. The number of aromatic nitrogens is 4. The third-order valence-electron chi connectivity index (χ3n) is 3.98. The van der Waals surface area contributed by atoms with E-state index < -0.39 is 11.7 Å². The van der Waals surface area contributed by atoms with Gasteiger partial charge in [-0.2, -0.15) is 0 Å². The van der Waals surface area contributed by atoms with Crippen LogP contribution in [0, 0.1) is 5.82 Å². The number of hydrogen-bond acceptors (Lipinski definition) is 6. The van der Waals surface area contributed by atoms with Crippen molar-refractivity contribution in [2.75, 3.05) is 11.1 Å². The fraction of sp³-hybridized carbons (Fsp3) is 0.400. The number of primary amides is 1. The van der Waals surface area contributed by atoms with E-state index in [9.17, 15) is 14.0 Å². The van der Waals surface area contributed by atoms with Gasteiger partial charge in [-0.15, -0.1) is 5.10 Å². The molecule has 2 amide bonds. The second-order valence-electron chi connectivity index (χ2n) is 5.74. The lowest BCUT2D eigenvalue weighted by molar-refractivity contribution is -0.113. The minimum absolute atomic E-state index is 0.0936. The van der Waals surface area contributed by atoms with Crippen LogP contribution in [0.25, 0.3) is 0 Å². The Morgan fingerprint density at radius 1 is 1.36 bits per heavy atom. The largest absolute Gasteiger partial charge is 0.366 e. The molecule has 0 spiro atoms. The normalized spacial score (nSPS) is 14.6. The highest BCUT2D eigenvalue weighted by Crippen LogP contribution is 2.31. The fourth-order valence-electron chi connectivity index (χ4n) is 2.78. The number of nitrogens with one attached hydrogen (secondary N) is 1. The van der Waals surface area contributed by atoms with Gasteiger partial charge in [0, 0.05) is 5.69 Å². The molecule has 25 heavy (non-hydrogen) atoms. The van der Waals surface area contributed by atoms with E-state index in [0.29, 0.717) is 10.8 Å². The van der Waals surface area contributed by atoms with Crippen LogP contribution < -0.4 is 11.1 Å². The molecule has 1 heterocycles. The SMILES string of the molecule is NC(=O)c1cc(NC(=O)CSc2nnnn2C2CCCC2)ccc1F. The quantitative estimate of drug-likeness (QED) is 0.755. The van der Waals surface area contributed by atoms with Gasteiger partial charge in [0.25, 0.3) is 5.91 Å². The first kappa shape index (κ1) is 17.3. The molecule has 1 aromatic heterocycles. The molecular formula is C15H17FN6O2S. The van der Waals surface area contributed by atoms with Crippen LogP contribution in [-0.2, 0) is 4.79 Å². The molecule has 1 aliphatic carbocycles. The fourth-order valence-corrected chi connectivity index (χ4v) is 3.52. The number of anilines is 1. The second kappa shape index (κ2) is 7.60. The van der Waals surface area contributed by atoms with E-state index in [2.05, 4.69) is 20.8 Å². The number of hydrogen-bond donors (Lipinski definition) is 2. The van der Waals surface area contributed by atoms with Gasteiger partial charge in [-0.05, 0) is 41.5 Å².